The van der Waals surface area contributed by atoms with Crippen LogP contribution in [0, 0.1) is 5.92 Å². The zero-order chi connectivity index (χ0) is 12.4. The largest absolute Gasteiger partial charge is 0.317 e. The maximum Gasteiger partial charge on any atom is 0.00619 e. The van der Waals surface area contributed by atoms with Crippen LogP contribution in [0.3, 0.4) is 0 Å². The minimum Gasteiger partial charge on any atom is -0.317 e. The quantitative estimate of drug-likeness (QED) is 0.618. The van der Waals surface area contributed by atoms with Crippen LogP contribution in [0.5, 0.6) is 0 Å². The summed E-state index contributed by atoms with van der Waals surface area (Å²) in [5.41, 5.74) is 0. The topological polar surface area (TPSA) is 15.3 Å². The van der Waals surface area contributed by atoms with Gasteiger partial charge in [0.25, 0.3) is 0 Å². The lowest BCUT2D eigenvalue weighted by Crippen LogP contribution is -2.31. The molecule has 0 aromatic heterocycles. The third kappa shape index (κ3) is 7.24. The predicted octanol–water partition coefficient (Wildman–Crippen LogP) is 3.13. The van der Waals surface area contributed by atoms with E-state index in [1.54, 1.807) is 0 Å². The minimum absolute atomic E-state index is 0.710. The van der Waals surface area contributed by atoms with E-state index in [9.17, 15) is 0 Å². The molecule has 1 N–H and O–H groups in total. The van der Waals surface area contributed by atoms with Gasteiger partial charge in [-0.1, -0.05) is 34.1 Å². The molecule has 0 heterocycles. The minimum atomic E-state index is 0.710. The van der Waals surface area contributed by atoms with Crippen LogP contribution >= 0.6 is 0 Å². The first-order valence-corrected chi connectivity index (χ1v) is 7.07. The lowest BCUT2D eigenvalue weighted by atomic mass is 10.1. The standard InChI is InChI=1S/C14H32N2/c1-6-13(4)12-16(8-3)11-9-10-14(7-2)15-5/h13-15H,6-12H2,1-5H3. The normalized spacial score (nSPS) is 15.4. The molecule has 2 nitrogen and oxygen atoms in total. The molecule has 0 aliphatic rings. The first kappa shape index (κ1) is 15.9. The molecule has 98 valence electrons. The Morgan fingerprint density at radius 2 is 1.81 bits per heavy atom. The molecular formula is C14H32N2. The predicted molar refractivity (Wildman–Crippen MR) is 73.9 cm³/mol. The van der Waals surface area contributed by atoms with Crippen LogP contribution in [0.15, 0.2) is 0 Å². The van der Waals surface area contributed by atoms with Crippen LogP contribution in [0.1, 0.15) is 53.4 Å². The summed E-state index contributed by atoms with van der Waals surface area (Å²) < 4.78 is 0. The summed E-state index contributed by atoms with van der Waals surface area (Å²) >= 11 is 0. The van der Waals surface area contributed by atoms with Gasteiger partial charge < -0.3 is 10.2 Å². The second kappa shape index (κ2) is 10.1. The summed E-state index contributed by atoms with van der Waals surface area (Å²) in [5, 5.41) is 3.38. The molecule has 2 atom stereocenters. The van der Waals surface area contributed by atoms with E-state index in [1.807, 2.05) is 0 Å². The van der Waals surface area contributed by atoms with Crippen LogP contribution in [0.2, 0.25) is 0 Å². The molecule has 0 bridgehead atoms. The Kier molecular flexibility index (Phi) is 10.0. The molecule has 0 spiro atoms. The van der Waals surface area contributed by atoms with Gasteiger partial charge >= 0.3 is 0 Å². The molecule has 0 aliphatic carbocycles. The molecule has 0 saturated carbocycles. The molecule has 0 fully saturated rings. The van der Waals surface area contributed by atoms with Crippen molar-refractivity contribution in [1.82, 2.24) is 10.2 Å². The zero-order valence-corrected chi connectivity index (χ0v) is 12.1. The van der Waals surface area contributed by atoms with Crippen molar-refractivity contribution in [1.29, 1.82) is 0 Å². The number of hydrogen-bond donors (Lipinski definition) is 1. The Labute approximate surface area is 103 Å². The molecule has 0 rings (SSSR count). The molecule has 0 amide bonds. The lowest BCUT2D eigenvalue weighted by molar-refractivity contribution is 0.237. The Bertz CT molecular complexity index is 144. The second-order valence-electron chi connectivity index (χ2n) is 4.94. The van der Waals surface area contributed by atoms with E-state index < -0.39 is 0 Å². The highest BCUT2D eigenvalue weighted by Gasteiger charge is 2.08. The fourth-order valence-electron chi connectivity index (χ4n) is 2.06. The van der Waals surface area contributed by atoms with Gasteiger partial charge in [0.05, 0.1) is 0 Å². The van der Waals surface area contributed by atoms with E-state index >= 15 is 0 Å². The SMILES string of the molecule is CCC(C)CN(CC)CCCC(CC)NC. The van der Waals surface area contributed by atoms with Gasteiger partial charge in [-0.2, -0.15) is 0 Å². The summed E-state index contributed by atoms with van der Waals surface area (Å²) in [5.74, 6) is 0.839. The fraction of sp³-hybridized carbons (Fsp3) is 1.00. The second-order valence-corrected chi connectivity index (χ2v) is 4.94. The number of nitrogens with one attached hydrogen (secondary N) is 1. The van der Waals surface area contributed by atoms with Gasteiger partial charge in [0, 0.05) is 12.6 Å². The van der Waals surface area contributed by atoms with E-state index in [0.717, 1.165) is 5.92 Å². The van der Waals surface area contributed by atoms with Crippen molar-refractivity contribution in [2.24, 2.45) is 5.92 Å². The number of rotatable bonds is 10. The lowest BCUT2D eigenvalue weighted by Gasteiger charge is -2.24. The van der Waals surface area contributed by atoms with E-state index in [4.69, 9.17) is 0 Å². The Balaban J connectivity index is 3.69. The van der Waals surface area contributed by atoms with Crippen molar-refractivity contribution < 1.29 is 0 Å². The highest BCUT2D eigenvalue weighted by Crippen LogP contribution is 2.07. The van der Waals surface area contributed by atoms with E-state index in [2.05, 4.69) is 45.0 Å². The molecule has 2 unspecified atom stereocenters. The van der Waals surface area contributed by atoms with Crippen molar-refractivity contribution in [3.63, 3.8) is 0 Å². The fourth-order valence-corrected chi connectivity index (χ4v) is 2.06. The van der Waals surface area contributed by atoms with Gasteiger partial charge in [-0.3, -0.25) is 0 Å². The molecule has 0 saturated heterocycles. The summed E-state index contributed by atoms with van der Waals surface area (Å²) in [6.45, 7) is 12.9. The third-order valence-corrected chi connectivity index (χ3v) is 3.64. The van der Waals surface area contributed by atoms with E-state index in [1.165, 1.54) is 45.3 Å². The van der Waals surface area contributed by atoms with Gasteiger partial charge in [-0.05, 0) is 45.3 Å². The zero-order valence-electron chi connectivity index (χ0n) is 12.1. The third-order valence-electron chi connectivity index (χ3n) is 3.64. The molecule has 0 radical (unpaired) electrons. The maximum atomic E-state index is 3.38. The van der Waals surface area contributed by atoms with Gasteiger partial charge in [-0.25, -0.2) is 0 Å². The average molecular weight is 228 g/mol. The number of nitrogens with zero attached hydrogens (tertiary/aromatic N) is 1. The van der Waals surface area contributed by atoms with Crippen molar-refractivity contribution in [3.05, 3.63) is 0 Å². The monoisotopic (exact) mass is 228 g/mol. The summed E-state index contributed by atoms with van der Waals surface area (Å²) in [7, 11) is 2.07. The van der Waals surface area contributed by atoms with Gasteiger partial charge in [0.1, 0.15) is 0 Å². The summed E-state index contributed by atoms with van der Waals surface area (Å²) in [6, 6.07) is 0.710. The first-order valence-electron chi connectivity index (χ1n) is 7.07. The van der Waals surface area contributed by atoms with E-state index in [0.29, 0.717) is 6.04 Å². The maximum absolute atomic E-state index is 3.38. The smallest absolute Gasteiger partial charge is 0.00619 e. The Morgan fingerprint density at radius 3 is 2.25 bits per heavy atom. The van der Waals surface area contributed by atoms with Crippen molar-refractivity contribution in [2.75, 3.05) is 26.7 Å². The first-order chi connectivity index (χ1) is 7.67. The molecule has 0 aromatic rings. The Morgan fingerprint density at radius 1 is 1.12 bits per heavy atom. The molecular weight excluding hydrogens is 196 g/mol. The van der Waals surface area contributed by atoms with E-state index in [-0.39, 0.29) is 0 Å². The van der Waals surface area contributed by atoms with Gasteiger partial charge in [-0.15, -0.1) is 0 Å². The van der Waals surface area contributed by atoms with Gasteiger partial charge in [0.2, 0.25) is 0 Å². The van der Waals surface area contributed by atoms with Crippen LogP contribution in [-0.4, -0.2) is 37.6 Å². The van der Waals surface area contributed by atoms with Crippen LogP contribution < -0.4 is 5.32 Å². The van der Waals surface area contributed by atoms with Crippen LogP contribution in [0.4, 0.5) is 0 Å². The molecule has 2 heteroatoms. The highest BCUT2D eigenvalue weighted by molar-refractivity contribution is 4.65. The van der Waals surface area contributed by atoms with Crippen molar-refractivity contribution >= 4 is 0 Å². The number of hydrogen-bond acceptors (Lipinski definition) is 2. The molecule has 16 heavy (non-hydrogen) atoms. The van der Waals surface area contributed by atoms with Crippen molar-refractivity contribution in [3.8, 4) is 0 Å². The highest BCUT2D eigenvalue weighted by atomic mass is 15.1. The molecule has 0 aromatic carbocycles. The van der Waals surface area contributed by atoms with Crippen molar-refractivity contribution in [2.45, 2.75) is 59.4 Å². The van der Waals surface area contributed by atoms with Gasteiger partial charge in [0.15, 0.2) is 0 Å². The van der Waals surface area contributed by atoms with Crippen LogP contribution in [-0.2, 0) is 0 Å². The summed E-state index contributed by atoms with van der Waals surface area (Å²) in [6.07, 6.45) is 5.17. The molecule has 0 aliphatic heterocycles. The van der Waals surface area contributed by atoms with Crippen LogP contribution in [0.25, 0.3) is 0 Å². The Hall–Kier alpha value is -0.0800. The average Bonchev–Trinajstić information content (AvgIpc) is 2.32. The summed E-state index contributed by atoms with van der Waals surface area (Å²) in [4.78, 5) is 2.59.